The second-order valence-corrected chi connectivity index (χ2v) is 6.65. The highest BCUT2D eigenvalue weighted by atomic mass is 32.1. The average molecular weight is 281 g/mol. The highest BCUT2D eigenvalue weighted by molar-refractivity contribution is 7.15. The number of nitrogens with zero attached hydrogens (tertiary/aromatic N) is 3. The summed E-state index contributed by atoms with van der Waals surface area (Å²) in [6, 6.07) is 0.578. The van der Waals surface area contributed by atoms with Gasteiger partial charge in [-0.05, 0) is 33.4 Å². The lowest BCUT2D eigenvalue weighted by Crippen LogP contribution is -2.31. The van der Waals surface area contributed by atoms with Crippen LogP contribution in [-0.2, 0) is 11.2 Å². The van der Waals surface area contributed by atoms with Crippen molar-refractivity contribution in [2.45, 2.75) is 31.2 Å². The normalized spacial score (nSPS) is 26.2. The molecule has 1 fully saturated rings. The summed E-state index contributed by atoms with van der Waals surface area (Å²) >= 11 is 1.69. The lowest BCUT2D eigenvalue weighted by Gasteiger charge is -2.19. The van der Waals surface area contributed by atoms with Gasteiger partial charge in [0.1, 0.15) is 5.92 Å². The van der Waals surface area contributed by atoms with E-state index in [2.05, 4.69) is 28.9 Å². The van der Waals surface area contributed by atoms with Crippen LogP contribution in [0.5, 0.6) is 0 Å². The Morgan fingerprint density at radius 2 is 2.26 bits per heavy atom. The van der Waals surface area contributed by atoms with Crippen LogP contribution >= 0.6 is 11.3 Å². The third-order valence-corrected chi connectivity index (χ3v) is 5.36. The van der Waals surface area contributed by atoms with Crippen LogP contribution in [0.4, 0.5) is 5.13 Å². The maximum absolute atomic E-state index is 11.2. The van der Waals surface area contributed by atoms with Gasteiger partial charge in [0.2, 0.25) is 0 Å². The quantitative estimate of drug-likeness (QED) is 0.907. The molecule has 0 aromatic carbocycles. The minimum Gasteiger partial charge on any atom is -0.481 e. The fourth-order valence-electron chi connectivity index (χ4n) is 2.93. The van der Waals surface area contributed by atoms with Gasteiger partial charge < -0.3 is 14.9 Å². The van der Waals surface area contributed by atoms with Crippen LogP contribution in [0, 0.1) is 0 Å². The Kier molecular flexibility index (Phi) is 3.22. The van der Waals surface area contributed by atoms with Crippen LogP contribution in [0.25, 0.3) is 0 Å². The molecule has 2 unspecified atom stereocenters. The van der Waals surface area contributed by atoms with Crippen LogP contribution in [0.2, 0.25) is 0 Å². The predicted molar refractivity (Wildman–Crippen MR) is 75.1 cm³/mol. The van der Waals surface area contributed by atoms with Crippen molar-refractivity contribution in [1.82, 2.24) is 9.88 Å². The number of carboxylic acid groups (broad SMARTS) is 1. The van der Waals surface area contributed by atoms with E-state index in [0.717, 1.165) is 36.8 Å². The Morgan fingerprint density at radius 1 is 1.47 bits per heavy atom. The third kappa shape index (κ3) is 2.23. The minimum absolute atomic E-state index is 0.382. The van der Waals surface area contributed by atoms with E-state index in [4.69, 9.17) is 0 Å². The zero-order chi connectivity index (χ0) is 13.6. The number of hydrogen-bond donors (Lipinski definition) is 1. The Labute approximate surface area is 116 Å². The van der Waals surface area contributed by atoms with Crippen molar-refractivity contribution in [1.29, 1.82) is 0 Å². The first-order valence-corrected chi connectivity index (χ1v) is 7.51. The fraction of sp³-hybridized carbons (Fsp3) is 0.692. The lowest BCUT2D eigenvalue weighted by molar-refractivity contribution is -0.138. The van der Waals surface area contributed by atoms with Crippen LogP contribution < -0.4 is 4.90 Å². The van der Waals surface area contributed by atoms with E-state index in [9.17, 15) is 9.90 Å². The second kappa shape index (κ2) is 4.76. The number of aliphatic carboxylic acids is 1. The highest BCUT2D eigenvalue weighted by Crippen LogP contribution is 2.40. The van der Waals surface area contributed by atoms with Crippen LogP contribution in [-0.4, -0.2) is 54.2 Å². The number of fused-ring (bicyclic) bond motifs is 1. The van der Waals surface area contributed by atoms with Crippen molar-refractivity contribution < 1.29 is 9.90 Å². The Hall–Kier alpha value is -1.14. The van der Waals surface area contributed by atoms with Crippen LogP contribution in [0.1, 0.15) is 29.3 Å². The van der Waals surface area contributed by atoms with Gasteiger partial charge in [0.05, 0.1) is 5.69 Å². The highest BCUT2D eigenvalue weighted by Gasteiger charge is 2.34. The zero-order valence-electron chi connectivity index (χ0n) is 11.3. The van der Waals surface area contributed by atoms with Crippen LogP contribution in [0.3, 0.4) is 0 Å². The Bertz CT molecular complexity index is 500. The molecule has 3 rings (SSSR count). The molecule has 2 aliphatic rings. The molecular formula is C13H19N3O2S. The van der Waals surface area contributed by atoms with Crippen LogP contribution in [0.15, 0.2) is 0 Å². The van der Waals surface area contributed by atoms with E-state index in [1.807, 2.05) is 0 Å². The molecular weight excluding hydrogens is 262 g/mol. The summed E-state index contributed by atoms with van der Waals surface area (Å²) in [5, 5.41) is 10.2. The molecule has 2 atom stereocenters. The van der Waals surface area contributed by atoms with E-state index < -0.39 is 5.97 Å². The Balaban J connectivity index is 1.78. The van der Waals surface area contributed by atoms with Gasteiger partial charge in [-0.15, -0.1) is 11.3 Å². The number of thiazole rings is 1. The second-order valence-electron chi connectivity index (χ2n) is 5.59. The third-order valence-electron chi connectivity index (χ3n) is 4.17. The standard InChI is InChI=1S/C13H19N3O2S/c1-15(2)8-5-6-16(7-8)13-14-11-9(12(17)18)3-4-10(11)19-13/h8-9H,3-7H2,1-2H3,(H,17,18). The first kappa shape index (κ1) is 12.9. The molecule has 19 heavy (non-hydrogen) atoms. The fourth-order valence-corrected chi connectivity index (χ4v) is 4.10. The van der Waals surface area contributed by atoms with Gasteiger partial charge in [0, 0.05) is 24.0 Å². The molecule has 1 aliphatic heterocycles. The summed E-state index contributed by atoms with van der Waals surface area (Å²) in [5.74, 6) is -1.12. The van der Waals surface area contributed by atoms with Gasteiger partial charge in [0.15, 0.2) is 5.13 Å². The number of rotatable bonds is 3. The summed E-state index contributed by atoms with van der Waals surface area (Å²) in [6.07, 6.45) is 2.73. The van der Waals surface area contributed by atoms with Gasteiger partial charge in [-0.3, -0.25) is 4.79 Å². The van der Waals surface area contributed by atoms with Crippen molar-refractivity contribution >= 4 is 22.4 Å². The first-order chi connectivity index (χ1) is 9.06. The molecule has 0 bridgehead atoms. The number of aryl methyl sites for hydroxylation is 1. The molecule has 2 heterocycles. The molecule has 1 aromatic heterocycles. The maximum atomic E-state index is 11.2. The van der Waals surface area contributed by atoms with Crippen molar-refractivity contribution in [2.24, 2.45) is 0 Å². The van der Waals surface area contributed by atoms with E-state index in [0.29, 0.717) is 12.5 Å². The maximum Gasteiger partial charge on any atom is 0.312 e. The summed E-state index contributed by atoms with van der Waals surface area (Å²) < 4.78 is 0. The number of hydrogen-bond acceptors (Lipinski definition) is 5. The molecule has 5 nitrogen and oxygen atoms in total. The molecule has 6 heteroatoms. The number of likely N-dealkylation sites (N-methyl/N-ethyl adjacent to an activating group) is 1. The molecule has 104 valence electrons. The summed E-state index contributed by atoms with van der Waals surface area (Å²) in [7, 11) is 4.22. The molecule has 1 saturated heterocycles. The smallest absolute Gasteiger partial charge is 0.312 e. The van der Waals surface area contributed by atoms with E-state index in [-0.39, 0.29) is 5.92 Å². The molecule has 0 amide bonds. The van der Waals surface area contributed by atoms with Gasteiger partial charge in [-0.1, -0.05) is 0 Å². The van der Waals surface area contributed by atoms with E-state index in [1.54, 1.807) is 11.3 Å². The van der Waals surface area contributed by atoms with Crippen molar-refractivity contribution in [3.63, 3.8) is 0 Å². The number of anilines is 1. The number of aromatic nitrogens is 1. The van der Waals surface area contributed by atoms with E-state index >= 15 is 0 Å². The largest absolute Gasteiger partial charge is 0.481 e. The number of carbonyl (C=O) groups is 1. The zero-order valence-corrected chi connectivity index (χ0v) is 12.1. The molecule has 1 aromatic rings. The van der Waals surface area contributed by atoms with Gasteiger partial charge >= 0.3 is 5.97 Å². The number of carboxylic acids is 1. The monoisotopic (exact) mass is 281 g/mol. The molecule has 1 N–H and O–H groups in total. The summed E-state index contributed by atoms with van der Waals surface area (Å²) in [6.45, 7) is 2.02. The van der Waals surface area contributed by atoms with E-state index in [1.165, 1.54) is 4.88 Å². The average Bonchev–Trinajstić information content (AvgIpc) is 3.02. The molecule has 0 spiro atoms. The minimum atomic E-state index is -0.733. The van der Waals surface area contributed by atoms with Gasteiger partial charge in [-0.25, -0.2) is 4.98 Å². The first-order valence-electron chi connectivity index (χ1n) is 6.70. The topological polar surface area (TPSA) is 56.7 Å². The predicted octanol–water partition coefficient (Wildman–Crippen LogP) is 1.40. The summed E-state index contributed by atoms with van der Waals surface area (Å²) in [5.41, 5.74) is 0.820. The van der Waals surface area contributed by atoms with Crippen molar-refractivity contribution in [3.8, 4) is 0 Å². The summed E-state index contributed by atoms with van der Waals surface area (Å²) in [4.78, 5) is 21.5. The molecule has 0 saturated carbocycles. The van der Waals surface area contributed by atoms with Crippen molar-refractivity contribution in [3.05, 3.63) is 10.6 Å². The van der Waals surface area contributed by atoms with Gasteiger partial charge in [-0.2, -0.15) is 0 Å². The molecule has 0 radical (unpaired) electrons. The lowest BCUT2D eigenvalue weighted by atomic mass is 10.1. The molecule has 1 aliphatic carbocycles. The Morgan fingerprint density at radius 3 is 2.89 bits per heavy atom. The SMILES string of the molecule is CN(C)C1CCN(c2nc3c(s2)CCC3C(=O)O)C1. The van der Waals surface area contributed by atoms with Crippen molar-refractivity contribution in [2.75, 3.05) is 32.1 Å². The van der Waals surface area contributed by atoms with Gasteiger partial charge in [0.25, 0.3) is 0 Å².